The first-order chi connectivity index (χ1) is 11.7. The van der Waals surface area contributed by atoms with Crippen LogP contribution in [0.4, 0.5) is 4.79 Å². The van der Waals surface area contributed by atoms with Gasteiger partial charge in [0.25, 0.3) is 0 Å². The van der Waals surface area contributed by atoms with Crippen LogP contribution in [-0.4, -0.2) is 47.4 Å². The molecular weight excluding hydrogens is 322 g/mol. The number of hydrogen-bond donors (Lipinski definition) is 1. The first kappa shape index (κ1) is 19.1. The number of amides is 1. The van der Waals surface area contributed by atoms with E-state index in [0.717, 1.165) is 19.3 Å². The molecule has 0 aromatic heterocycles. The summed E-state index contributed by atoms with van der Waals surface area (Å²) in [4.78, 5) is 24.6. The molecule has 0 spiro atoms. The number of carboxylic acids is 1. The molecule has 1 aliphatic heterocycles. The molecule has 138 valence electrons. The number of carboxylic acid groups (broad SMARTS) is 1. The van der Waals surface area contributed by atoms with Gasteiger partial charge in [0, 0.05) is 13.1 Å². The Morgan fingerprint density at radius 2 is 1.76 bits per heavy atom. The molecule has 1 N–H and O–H groups in total. The normalized spacial score (nSPS) is 15.7. The average Bonchev–Trinajstić information content (AvgIpc) is 2.54. The fourth-order valence-electron chi connectivity index (χ4n) is 2.77. The fourth-order valence-corrected chi connectivity index (χ4v) is 2.77. The minimum Gasteiger partial charge on any atom is -0.494 e. The zero-order valence-corrected chi connectivity index (χ0v) is 15.2. The second kappa shape index (κ2) is 8.23. The van der Waals surface area contributed by atoms with Crippen LogP contribution in [0.25, 0.3) is 0 Å². The van der Waals surface area contributed by atoms with Crippen LogP contribution in [0.3, 0.4) is 0 Å². The first-order valence-corrected chi connectivity index (χ1v) is 8.69. The summed E-state index contributed by atoms with van der Waals surface area (Å²) in [5.74, 6) is 0.261. The Hall–Kier alpha value is -2.24. The predicted octanol–water partition coefficient (Wildman–Crippen LogP) is 3.80. The minimum atomic E-state index is -0.941. The minimum absolute atomic E-state index is 0.235. The van der Waals surface area contributed by atoms with E-state index < -0.39 is 11.6 Å². The van der Waals surface area contributed by atoms with E-state index in [0.29, 0.717) is 31.4 Å². The van der Waals surface area contributed by atoms with Crippen LogP contribution in [0.15, 0.2) is 24.3 Å². The van der Waals surface area contributed by atoms with Gasteiger partial charge in [-0.05, 0) is 70.2 Å². The van der Waals surface area contributed by atoms with E-state index in [9.17, 15) is 9.59 Å². The average molecular weight is 349 g/mol. The monoisotopic (exact) mass is 349 g/mol. The zero-order valence-electron chi connectivity index (χ0n) is 15.2. The molecule has 1 saturated heterocycles. The summed E-state index contributed by atoms with van der Waals surface area (Å²) in [5.41, 5.74) is -0.209. The third-order valence-corrected chi connectivity index (χ3v) is 4.16. The van der Waals surface area contributed by atoms with Crippen LogP contribution in [0.1, 0.15) is 50.4 Å². The molecule has 1 aromatic carbocycles. The number of nitrogens with zero attached hydrogens (tertiary/aromatic N) is 1. The lowest BCUT2D eigenvalue weighted by Crippen LogP contribution is -2.41. The Morgan fingerprint density at radius 1 is 1.16 bits per heavy atom. The Balaban J connectivity index is 1.68. The topological polar surface area (TPSA) is 76.1 Å². The van der Waals surface area contributed by atoms with Gasteiger partial charge >= 0.3 is 12.1 Å². The predicted molar refractivity (Wildman–Crippen MR) is 94.0 cm³/mol. The van der Waals surface area contributed by atoms with Gasteiger partial charge in [-0.25, -0.2) is 9.59 Å². The molecule has 0 aliphatic carbocycles. The van der Waals surface area contributed by atoms with Crippen molar-refractivity contribution in [1.82, 2.24) is 4.90 Å². The number of carbonyl (C=O) groups is 2. The van der Waals surface area contributed by atoms with Crippen LogP contribution >= 0.6 is 0 Å². The highest BCUT2D eigenvalue weighted by atomic mass is 16.6. The SMILES string of the molecule is CC(C)(C)OC(=O)N1CCC(CCOc2ccc(C(=O)O)cc2)CC1. The molecule has 0 unspecified atom stereocenters. The van der Waals surface area contributed by atoms with Crippen LogP contribution in [-0.2, 0) is 4.74 Å². The third kappa shape index (κ3) is 6.29. The van der Waals surface area contributed by atoms with Crippen molar-refractivity contribution in [3.63, 3.8) is 0 Å². The van der Waals surface area contributed by atoms with E-state index in [2.05, 4.69) is 0 Å². The smallest absolute Gasteiger partial charge is 0.410 e. The molecule has 0 radical (unpaired) electrons. The molecule has 0 saturated carbocycles. The van der Waals surface area contributed by atoms with Gasteiger partial charge < -0.3 is 19.5 Å². The largest absolute Gasteiger partial charge is 0.494 e. The molecule has 1 fully saturated rings. The summed E-state index contributed by atoms with van der Waals surface area (Å²) < 4.78 is 11.1. The number of aromatic carboxylic acids is 1. The molecule has 25 heavy (non-hydrogen) atoms. The van der Waals surface area contributed by atoms with E-state index in [1.165, 1.54) is 12.1 Å². The quantitative estimate of drug-likeness (QED) is 0.875. The lowest BCUT2D eigenvalue weighted by Gasteiger charge is -2.33. The van der Waals surface area contributed by atoms with Gasteiger partial charge in [0.2, 0.25) is 0 Å². The van der Waals surface area contributed by atoms with E-state index in [1.54, 1.807) is 17.0 Å². The molecule has 0 atom stereocenters. The van der Waals surface area contributed by atoms with Gasteiger partial charge in [0.15, 0.2) is 0 Å². The lowest BCUT2D eigenvalue weighted by atomic mass is 9.94. The number of hydrogen-bond acceptors (Lipinski definition) is 4. The summed E-state index contributed by atoms with van der Waals surface area (Å²) in [5, 5.41) is 8.87. The Labute approximate surface area is 148 Å². The molecule has 1 amide bonds. The van der Waals surface area contributed by atoms with Gasteiger partial charge in [-0.1, -0.05) is 0 Å². The second-order valence-corrected chi connectivity index (χ2v) is 7.38. The van der Waals surface area contributed by atoms with E-state index >= 15 is 0 Å². The van der Waals surface area contributed by atoms with Crippen molar-refractivity contribution in [3.05, 3.63) is 29.8 Å². The lowest BCUT2D eigenvalue weighted by molar-refractivity contribution is 0.0177. The van der Waals surface area contributed by atoms with Gasteiger partial charge in [-0.2, -0.15) is 0 Å². The standard InChI is InChI=1S/C19H27NO5/c1-19(2,3)25-18(23)20-11-8-14(9-12-20)10-13-24-16-6-4-15(5-7-16)17(21)22/h4-7,14H,8-13H2,1-3H3,(H,21,22). The van der Waals surface area contributed by atoms with Crippen molar-refractivity contribution in [2.24, 2.45) is 5.92 Å². The van der Waals surface area contributed by atoms with Gasteiger partial charge in [-0.15, -0.1) is 0 Å². The molecule has 6 nitrogen and oxygen atoms in total. The Bertz CT molecular complexity index is 583. The third-order valence-electron chi connectivity index (χ3n) is 4.16. The molecule has 0 bridgehead atoms. The fraction of sp³-hybridized carbons (Fsp3) is 0.579. The number of carbonyl (C=O) groups excluding carboxylic acids is 1. The second-order valence-electron chi connectivity index (χ2n) is 7.38. The van der Waals surface area contributed by atoms with E-state index in [1.807, 2.05) is 20.8 Å². The molecule has 1 aliphatic rings. The van der Waals surface area contributed by atoms with Crippen molar-refractivity contribution in [2.45, 2.75) is 45.6 Å². The van der Waals surface area contributed by atoms with Gasteiger partial charge in [0.05, 0.1) is 12.2 Å². The molecule has 2 rings (SSSR count). The summed E-state index contributed by atoms with van der Waals surface area (Å²) in [6, 6.07) is 6.43. The van der Waals surface area contributed by atoms with Crippen LogP contribution in [0, 0.1) is 5.92 Å². The van der Waals surface area contributed by atoms with Crippen molar-refractivity contribution in [3.8, 4) is 5.75 Å². The number of rotatable bonds is 5. The van der Waals surface area contributed by atoms with Crippen LogP contribution in [0.2, 0.25) is 0 Å². The highest BCUT2D eigenvalue weighted by Gasteiger charge is 2.26. The van der Waals surface area contributed by atoms with Gasteiger partial charge in [-0.3, -0.25) is 0 Å². The Kier molecular flexibility index (Phi) is 6.28. The maximum absolute atomic E-state index is 12.0. The highest BCUT2D eigenvalue weighted by molar-refractivity contribution is 5.87. The summed E-state index contributed by atoms with van der Waals surface area (Å²) >= 11 is 0. The van der Waals surface area contributed by atoms with E-state index in [-0.39, 0.29) is 11.7 Å². The summed E-state index contributed by atoms with van der Waals surface area (Å²) in [6.45, 7) is 7.64. The summed E-state index contributed by atoms with van der Waals surface area (Å²) in [6.07, 6.45) is 2.57. The number of ether oxygens (including phenoxy) is 2. The van der Waals surface area contributed by atoms with Crippen molar-refractivity contribution in [1.29, 1.82) is 0 Å². The molecule has 1 aromatic rings. The number of piperidine rings is 1. The molecule has 1 heterocycles. The first-order valence-electron chi connectivity index (χ1n) is 8.69. The molecule has 6 heteroatoms. The number of likely N-dealkylation sites (tertiary alicyclic amines) is 1. The molecular formula is C19H27NO5. The van der Waals surface area contributed by atoms with E-state index in [4.69, 9.17) is 14.6 Å². The maximum atomic E-state index is 12.0. The highest BCUT2D eigenvalue weighted by Crippen LogP contribution is 2.23. The van der Waals surface area contributed by atoms with Crippen molar-refractivity contribution < 1.29 is 24.2 Å². The maximum Gasteiger partial charge on any atom is 0.410 e. The van der Waals surface area contributed by atoms with Crippen molar-refractivity contribution >= 4 is 12.1 Å². The van der Waals surface area contributed by atoms with Crippen molar-refractivity contribution in [2.75, 3.05) is 19.7 Å². The Morgan fingerprint density at radius 3 is 2.28 bits per heavy atom. The van der Waals surface area contributed by atoms with Crippen LogP contribution < -0.4 is 4.74 Å². The van der Waals surface area contributed by atoms with Gasteiger partial charge in [0.1, 0.15) is 11.4 Å². The zero-order chi connectivity index (χ0) is 18.4. The van der Waals surface area contributed by atoms with Crippen LogP contribution in [0.5, 0.6) is 5.75 Å². The number of benzene rings is 1. The summed E-state index contributed by atoms with van der Waals surface area (Å²) in [7, 11) is 0.